The van der Waals surface area contributed by atoms with Gasteiger partial charge in [-0.3, -0.25) is 14.4 Å². The van der Waals surface area contributed by atoms with E-state index in [0.717, 1.165) is 18.9 Å². The predicted molar refractivity (Wildman–Crippen MR) is 121 cm³/mol. The molecule has 1 aliphatic rings. The molecule has 0 bridgehead atoms. The van der Waals surface area contributed by atoms with Gasteiger partial charge in [0.2, 0.25) is 5.43 Å². The Hall–Kier alpha value is -3.11. The molecule has 34 heavy (non-hydrogen) atoms. The average molecular weight is 478 g/mol. The van der Waals surface area contributed by atoms with Gasteiger partial charge < -0.3 is 24.6 Å². The number of aromatic nitrogens is 1. The van der Waals surface area contributed by atoms with E-state index in [4.69, 9.17) is 4.74 Å². The molecule has 1 fully saturated rings. The number of amides is 1. The fourth-order valence-electron chi connectivity index (χ4n) is 4.38. The number of halogens is 2. The number of benzene rings is 1. The summed E-state index contributed by atoms with van der Waals surface area (Å²) >= 11 is 0. The van der Waals surface area contributed by atoms with Gasteiger partial charge in [0.25, 0.3) is 5.91 Å². The molecular formula is C24H29F2N3O5. The van der Waals surface area contributed by atoms with Gasteiger partial charge in [-0.1, -0.05) is 13.0 Å². The van der Waals surface area contributed by atoms with Crippen LogP contribution < -0.4 is 10.7 Å². The normalized spacial score (nSPS) is 20.0. The second-order valence-electron chi connectivity index (χ2n) is 8.69. The van der Waals surface area contributed by atoms with Crippen LogP contribution in [0.1, 0.15) is 46.2 Å². The van der Waals surface area contributed by atoms with Crippen LogP contribution in [0, 0.1) is 17.6 Å². The highest BCUT2D eigenvalue weighted by molar-refractivity contribution is 5.95. The van der Waals surface area contributed by atoms with Crippen LogP contribution in [0.15, 0.2) is 29.2 Å². The van der Waals surface area contributed by atoms with Gasteiger partial charge in [-0.25, -0.2) is 8.78 Å². The number of hydrogen-bond acceptors (Lipinski definition) is 6. The van der Waals surface area contributed by atoms with E-state index < -0.39 is 28.7 Å². The number of pyridine rings is 1. The maximum atomic E-state index is 13.8. The number of rotatable bonds is 9. The Morgan fingerprint density at radius 1 is 1.35 bits per heavy atom. The molecule has 1 aromatic heterocycles. The van der Waals surface area contributed by atoms with E-state index in [0.29, 0.717) is 24.8 Å². The molecule has 1 aromatic carbocycles. The van der Waals surface area contributed by atoms with Crippen LogP contribution in [-0.2, 0) is 17.8 Å². The van der Waals surface area contributed by atoms with E-state index in [1.165, 1.54) is 16.8 Å². The van der Waals surface area contributed by atoms with Crippen LogP contribution in [-0.4, -0.2) is 59.6 Å². The van der Waals surface area contributed by atoms with Crippen molar-refractivity contribution < 1.29 is 28.2 Å². The first-order valence-electron chi connectivity index (χ1n) is 11.0. The van der Waals surface area contributed by atoms with Crippen molar-refractivity contribution in [2.45, 2.75) is 45.0 Å². The third-order valence-corrected chi connectivity index (χ3v) is 6.51. The molecule has 1 saturated carbocycles. The minimum absolute atomic E-state index is 0.0330. The van der Waals surface area contributed by atoms with Crippen molar-refractivity contribution in [3.63, 3.8) is 0 Å². The number of nitrogens with zero attached hydrogens (tertiary/aromatic N) is 2. The lowest BCUT2D eigenvalue weighted by Gasteiger charge is -2.25. The van der Waals surface area contributed by atoms with Crippen molar-refractivity contribution in [2.24, 2.45) is 5.92 Å². The van der Waals surface area contributed by atoms with Crippen LogP contribution in [0.4, 0.5) is 8.78 Å². The van der Waals surface area contributed by atoms with E-state index >= 15 is 0 Å². The summed E-state index contributed by atoms with van der Waals surface area (Å²) in [5.74, 6) is -2.85. The zero-order chi connectivity index (χ0) is 25.0. The highest BCUT2D eigenvalue weighted by Gasteiger charge is 2.33. The molecule has 1 aliphatic carbocycles. The summed E-state index contributed by atoms with van der Waals surface area (Å²) in [5, 5.41) is 12.7. The van der Waals surface area contributed by atoms with Crippen LogP contribution in [0.5, 0.6) is 5.75 Å². The molecule has 2 N–H and O–H groups in total. The summed E-state index contributed by atoms with van der Waals surface area (Å²) in [6, 6.07) is 3.21. The van der Waals surface area contributed by atoms with Crippen molar-refractivity contribution in [2.75, 3.05) is 20.7 Å². The highest BCUT2D eigenvalue weighted by Crippen LogP contribution is 2.30. The first-order valence-corrected chi connectivity index (χ1v) is 11.0. The lowest BCUT2D eigenvalue weighted by Crippen LogP contribution is -2.34. The molecule has 2 aromatic rings. The van der Waals surface area contributed by atoms with Gasteiger partial charge in [-0.2, -0.15) is 0 Å². The molecule has 0 spiro atoms. The van der Waals surface area contributed by atoms with Gasteiger partial charge >= 0.3 is 0 Å². The number of ether oxygens (including phenoxy) is 1. The molecule has 3 rings (SSSR count). The third-order valence-electron chi connectivity index (χ3n) is 6.51. The molecule has 8 nitrogen and oxygen atoms in total. The largest absolute Gasteiger partial charge is 0.503 e. The maximum Gasteiger partial charge on any atom is 0.257 e. The van der Waals surface area contributed by atoms with Gasteiger partial charge in [0.15, 0.2) is 12.0 Å². The SMILES string of the molecule is COC1CC(N(C)CCn2cc(C(=O)NCc3ccc(F)cc3F)c(=O)c(O)c2C=O)CC1C. The zero-order valence-electron chi connectivity index (χ0n) is 19.4. The number of nitrogens with one attached hydrogen (secondary N) is 1. The summed E-state index contributed by atoms with van der Waals surface area (Å²) in [6.45, 7) is 2.59. The van der Waals surface area contributed by atoms with Crippen molar-refractivity contribution in [1.82, 2.24) is 14.8 Å². The second-order valence-corrected chi connectivity index (χ2v) is 8.69. The Balaban J connectivity index is 1.75. The van der Waals surface area contributed by atoms with Crippen molar-refractivity contribution in [3.8, 4) is 5.75 Å². The van der Waals surface area contributed by atoms with Gasteiger partial charge in [-0.05, 0) is 31.9 Å². The van der Waals surface area contributed by atoms with E-state index in [-0.39, 0.29) is 42.1 Å². The van der Waals surface area contributed by atoms with Crippen molar-refractivity contribution in [3.05, 3.63) is 63.1 Å². The summed E-state index contributed by atoms with van der Waals surface area (Å²) in [6.07, 6.45) is 3.59. The lowest BCUT2D eigenvalue weighted by atomic mass is 10.1. The molecule has 184 valence electrons. The molecule has 0 saturated heterocycles. The first-order chi connectivity index (χ1) is 16.2. The Bertz CT molecular complexity index is 1120. The Morgan fingerprint density at radius 2 is 2.09 bits per heavy atom. The molecule has 1 amide bonds. The Labute approximate surface area is 196 Å². The standard InChI is InChI=1S/C24H29F2N3O5/c1-14-8-17(10-21(14)34-3)28(2)6-7-29-12-18(22(31)23(32)20(29)13-30)24(33)27-11-15-4-5-16(25)9-19(15)26/h4-5,9,12-14,17,21,32H,6-8,10-11H2,1-3H3,(H,27,33). The van der Waals surface area contributed by atoms with Crippen LogP contribution in [0.25, 0.3) is 0 Å². The Morgan fingerprint density at radius 3 is 2.71 bits per heavy atom. The molecule has 1 heterocycles. The van der Waals surface area contributed by atoms with E-state index in [2.05, 4.69) is 17.1 Å². The lowest BCUT2D eigenvalue weighted by molar-refractivity contribution is 0.0734. The van der Waals surface area contributed by atoms with Gasteiger partial charge in [0.05, 0.1) is 6.10 Å². The molecule has 0 aliphatic heterocycles. The van der Waals surface area contributed by atoms with E-state index in [1.54, 1.807) is 7.11 Å². The minimum atomic E-state index is -1.00. The fourth-order valence-corrected chi connectivity index (χ4v) is 4.38. The van der Waals surface area contributed by atoms with Gasteiger partial charge in [0, 0.05) is 50.6 Å². The topological polar surface area (TPSA) is 101 Å². The highest BCUT2D eigenvalue weighted by atomic mass is 19.1. The van der Waals surface area contributed by atoms with Crippen LogP contribution in [0.2, 0.25) is 0 Å². The molecule has 3 atom stereocenters. The van der Waals surface area contributed by atoms with E-state index in [1.807, 2.05) is 7.05 Å². The van der Waals surface area contributed by atoms with Gasteiger partial charge in [0.1, 0.15) is 22.9 Å². The summed E-state index contributed by atoms with van der Waals surface area (Å²) < 4.78 is 33.8. The molecule has 3 unspecified atom stereocenters. The van der Waals surface area contributed by atoms with Crippen LogP contribution in [0.3, 0.4) is 0 Å². The number of likely N-dealkylation sites (N-methyl/N-ethyl adjacent to an activating group) is 1. The monoisotopic (exact) mass is 477 g/mol. The first kappa shape index (κ1) is 25.5. The number of carbonyl (C=O) groups is 2. The van der Waals surface area contributed by atoms with Gasteiger partial charge in [-0.15, -0.1) is 0 Å². The number of hydrogen-bond donors (Lipinski definition) is 2. The van der Waals surface area contributed by atoms with Crippen LogP contribution >= 0.6 is 0 Å². The van der Waals surface area contributed by atoms with Crippen molar-refractivity contribution in [1.29, 1.82) is 0 Å². The minimum Gasteiger partial charge on any atom is -0.503 e. The number of aromatic hydroxyl groups is 1. The number of methoxy groups -OCH3 is 1. The molecular weight excluding hydrogens is 448 g/mol. The zero-order valence-corrected chi connectivity index (χ0v) is 19.4. The number of aldehydes is 1. The summed E-state index contributed by atoms with van der Waals surface area (Å²) in [5.41, 5.74) is -1.58. The third kappa shape index (κ3) is 5.51. The predicted octanol–water partition coefficient (Wildman–Crippen LogP) is 2.32. The van der Waals surface area contributed by atoms with E-state index in [9.17, 15) is 28.3 Å². The van der Waals surface area contributed by atoms with Crippen molar-refractivity contribution >= 4 is 12.2 Å². The second kappa shape index (κ2) is 10.9. The fraction of sp³-hybridized carbons (Fsp3) is 0.458. The quantitative estimate of drug-likeness (QED) is 0.538. The summed E-state index contributed by atoms with van der Waals surface area (Å²) in [4.78, 5) is 38.8. The number of carbonyl (C=O) groups excluding carboxylic acids is 2. The average Bonchev–Trinajstić information content (AvgIpc) is 3.19. The maximum absolute atomic E-state index is 13.8. The summed E-state index contributed by atoms with van der Waals surface area (Å²) in [7, 11) is 3.64. The smallest absolute Gasteiger partial charge is 0.257 e. The molecule has 10 heteroatoms. The Kier molecular flexibility index (Phi) is 8.16. The molecule has 0 radical (unpaired) electrons.